The highest BCUT2D eigenvalue weighted by atomic mass is 35.5. The van der Waals surface area contributed by atoms with Crippen molar-refractivity contribution < 1.29 is 0 Å². The van der Waals surface area contributed by atoms with E-state index in [0.29, 0.717) is 0 Å². The Labute approximate surface area is 94.3 Å². The van der Waals surface area contributed by atoms with Gasteiger partial charge in [0.15, 0.2) is 0 Å². The van der Waals surface area contributed by atoms with Crippen LogP contribution in [0.2, 0.25) is 5.02 Å². The average Bonchev–Trinajstić information content (AvgIpc) is 2.56. The van der Waals surface area contributed by atoms with Crippen molar-refractivity contribution in [2.75, 3.05) is 20.6 Å². The Morgan fingerprint density at radius 1 is 1.47 bits per heavy atom. The van der Waals surface area contributed by atoms with Crippen LogP contribution in [-0.4, -0.2) is 34.9 Å². The molecule has 3 nitrogen and oxygen atoms in total. The Morgan fingerprint density at radius 3 is 3.00 bits per heavy atom. The lowest BCUT2D eigenvalue weighted by molar-refractivity contribution is 0.412. The van der Waals surface area contributed by atoms with Gasteiger partial charge in [-0.2, -0.15) is 0 Å². The van der Waals surface area contributed by atoms with Crippen molar-refractivity contribution in [3.63, 3.8) is 0 Å². The predicted molar refractivity (Wildman–Crippen MR) is 62.5 cm³/mol. The quantitative estimate of drug-likeness (QED) is 0.795. The van der Waals surface area contributed by atoms with E-state index in [1.165, 1.54) is 0 Å². The first-order valence-electron chi connectivity index (χ1n) is 4.93. The molecule has 0 aliphatic rings. The van der Waals surface area contributed by atoms with Gasteiger partial charge in [0.25, 0.3) is 0 Å². The van der Waals surface area contributed by atoms with Crippen LogP contribution in [0.1, 0.15) is 5.69 Å². The topological polar surface area (TPSA) is 20.5 Å². The third-order valence-corrected chi connectivity index (χ3v) is 2.52. The van der Waals surface area contributed by atoms with E-state index in [9.17, 15) is 0 Å². The molecule has 4 heteroatoms. The molecular formula is C11H14ClN3. The second kappa shape index (κ2) is 4.21. The van der Waals surface area contributed by atoms with E-state index in [-0.39, 0.29) is 0 Å². The van der Waals surface area contributed by atoms with Crippen LogP contribution in [0, 0.1) is 0 Å². The van der Waals surface area contributed by atoms with Crippen LogP contribution in [0.3, 0.4) is 0 Å². The molecule has 0 bridgehead atoms. The highest BCUT2D eigenvalue weighted by Gasteiger charge is 2.02. The molecule has 0 saturated heterocycles. The molecule has 0 aliphatic carbocycles. The van der Waals surface area contributed by atoms with Gasteiger partial charge in [0.2, 0.25) is 0 Å². The standard InChI is InChI=1S/C11H14ClN3/c1-14(2)5-4-10-8-15-6-3-9(12)7-11(15)13-10/h3,6-8H,4-5H2,1-2H3. The van der Waals surface area contributed by atoms with Gasteiger partial charge in [0, 0.05) is 30.4 Å². The van der Waals surface area contributed by atoms with E-state index in [1.54, 1.807) is 0 Å². The van der Waals surface area contributed by atoms with Gasteiger partial charge < -0.3 is 9.30 Å². The van der Waals surface area contributed by atoms with Gasteiger partial charge in [-0.05, 0) is 26.2 Å². The van der Waals surface area contributed by atoms with Crippen LogP contribution in [0.25, 0.3) is 5.65 Å². The van der Waals surface area contributed by atoms with Crippen LogP contribution in [-0.2, 0) is 6.42 Å². The van der Waals surface area contributed by atoms with Gasteiger partial charge in [-0.1, -0.05) is 11.6 Å². The first-order chi connectivity index (χ1) is 7.15. The van der Waals surface area contributed by atoms with Crippen LogP contribution >= 0.6 is 11.6 Å². The van der Waals surface area contributed by atoms with Crippen LogP contribution in [0.15, 0.2) is 24.5 Å². The number of pyridine rings is 1. The van der Waals surface area contributed by atoms with E-state index in [1.807, 2.05) is 22.7 Å². The molecule has 2 heterocycles. The zero-order valence-corrected chi connectivity index (χ0v) is 9.70. The lowest BCUT2D eigenvalue weighted by Gasteiger charge is -2.06. The summed E-state index contributed by atoms with van der Waals surface area (Å²) < 4.78 is 2.00. The fourth-order valence-electron chi connectivity index (χ4n) is 1.47. The largest absolute Gasteiger partial charge is 0.309 e. The summed E-state index contributed by atoms with van der Waals surface area (Å²) in [5.41, 5.74) is 2.02. The zero-order valence-electron chi connectivity index (χ0n) is 8.94. The molecule has 2 rings (SSSR count). The number of fused-ring (bicyclic) bond motifs is 1. The first kappa shape index (κ1) is 10.5. The van der Waals surface area contributed by atoms with Crippen molar-refractivity contribution in [2.24, 2.45) is 0 Å². The molecule has 80 valence electrons. The highest BCUT2D eigenvalue weighted by Crippen LogP contribution is 2.12. The van der Waals surface area contributed by atoms with E-state index in [0.717, 1.165) is 29.3 Å². The second-order valence-corrected chi connectivity index (χ2v) is 4.33. The fourth-order valence-corrected chi connectivity index (χ4v) is 1.62. The van der Waals surface area contributed by atoms with Gasteiger partial charge in [-0.3, -0.25) is 0 Å². The van der Waals surface area contributed by atoms with Crippen molar-refractivity contribution in [3.05, 3.63) is 35.2 Å². The molecule has 0 radical (unpaired) electrons. The summed E-state index contributed by atoms with van der Waals surface area (Å²) >= 11 is 5.89. The van der Waals surface area contributed by atoms with Crippen LogP contribution < -0.4 is 0 Å². The molecule has 15 heavy (non-hydrogen) atoms. The van der Waals surface area contributed by atoms with E-state index in [4.69, 9.17) is 11.6 Å². The molecule has 0 amide bonds. The molecule has 0 N–H and O–H groups in total. The van der Waals surface area contributed by atoms with Crippen molar-refractivity contribution >= 4 is 17.2 Å². The van der Waals surface area contributed by atoms with E-state index in [2.05, 4.69) is 30.2 Å². The van der Waals surface area contributed by atoms with Gasteiger partial charge in [0.05, 0.1) is 5.69 Å². The van der Waals surface area contributed by atoms with Gasteiger partial charge >= 0.3 is 0 Å². The minimum Gasteiger partial charge on any atom is -0.309 e. The number of rotatable bonds is 3. The average molecular weight is 224 g/mol. The maximum absolute atomic E-state index is 5.89. The van der Waals surface area contributed by atoms with Crippen molar-refractivity contribution in [3.8, 4) is 0 Å². The lowest BCUT2D eigenvalue weighted by atomic mass is 10.3. The predicted octanol–water partition coefficient (Wildman–Crippen LogP) is 2.09. The van der Waals surface area contributed by atoms with Crippen molar-refractivity contribution in [1.29, 1.82) is 0 Å². The van der Waals surface area contributed by atoms with Crippen molar-refractivity contribution in [1.82, 2.24) is 14.3 Å². The number of hydrogen-bond acceptors (Lipinski definition) is 2. The molecule has 0 atom stereocenters. The number of halogens is 1. The highest BCUT2D eigenvalue weighted by molar-refractivity contribution is 6.30. The summed E-state index contributed by atoms with van der Waals surface area (Å²) in [7, 11) is 4.12. The minimum absolute atomic E-state index is 0.729. The summed E-state index contributed by atoms with van der Waals surface area (Å²) in [6.07, 6.45) is 4.95. The number of nitrogens with zero attached hydrogens (tertiary/aromatic N) is 3. The normalized spacial score (nSPS) is 11.5. The third-order valence-electron chi connectivity index (χ3n) is 2.29. The van der Waals surface area contributed by atoms with Crippen LogP contribution in [0.5, 0.6) is 0 Å². The zero-order chi connectivity index (χ0) is 10.8. The third kappa shape index (κ3) is 2.49. The summed E-state index contributed by atoms with van der Waals surface area (Å²) in [5.74, 6) is 0. The summed E-state index contributed by atoms with van der Waals surface area (Å²) in [6.45, 7) is 1.01. The molecule has 2 aromatic heterocycles. The molecule has 0 spiro atoms. The van der Waals surface area contributed by atoms with Gasteiger partial charge in [-0.15, -0.1) is 0 Å². The number of hydrogen-bond donors (Lipinski definition) is 0. The van der Waals surface area contributed by atoms with E-state index < -0.39 is 0 Å². The molecular weight excluding hydrogens is 210 g/mol. The van der Waals surface area contributed by atoms with Gasteiger partial charge in [0.1, 0.15) is 5.65 Å². The molecule has 0 aliphatic heterocycles. The Kier molecular flexibility index (Phi) is 2.93. The van der Waals surface area contributed by atoms with E-state index >= 15 is 0 Å². The molecule has 0 aromatic carbocycles. The monoisotopic (exact) mass is 223 g/mol. The smallest absolute Gasteiger partial charge is 0.138 e. The molecule has 0 fully saturated rings. The lowest BCUT2D eigenvalue weighted by Crippen LogP contribution is -2.15. The maximum atomic E-state index is 5.89. The number of imidazole rings is 1. The number of likely N-dealkylation sites (N-methyl/N-ethyl adjacent to an activating group) is 1. The Balaban J connectivity index is 2.23. The number of aromatic nitrogens is 2. The maximum Gasteiger partial charge on any atom is 0.138 e. The van der Waals surface area contributed by atoms with Gasteiger partial charge in [-0.25, -0.2) is 4.98 Å². The Morgan fingerprint density at radius 2 is 2.27 bits per heavy atom. The molecule has 2 aromatic rings. The SMILES string of the molecule is CN(C)CCc1cn2ccc(Cl)cc2n1. The summed E-state index contributed by atoms with van der Waals surface area (Å²) in [6, 6.07) is 3.74. The molecule has 0 unspecified atom stereocenters. The molecule has 0 saturated carbocycles. The Hall–Kier alpha value is -1.06. The summed E-state index contributed by atoms with van der Waals surface area (Å²) in [5, 5.41) is 0.729. The van der Waals surface area contributed by atoms with Crippen molar-refractivity contribution in [2.45, 2.75) is 6.42 Å². The minimum atomic E-state index is 0.729. The van der Waals surface area contributed by atoms with Crippen LogP contribution in [0.4, 0.5) is 0 Å². The Bertz CT molecular complexity index is 462. The fraction of sp³-hybridized carbons (Fsp3) is 0.364. The first-order valence-corrected chi connectivity index (χ1v) is 5.31. The second-order valence-electron chi connectivity index (χ2n) is 3.90. The summed E-state index contributed by atoms with van der Waals surface area (Å²) in [4.78, 5) is 6.65.